The van der Waals surface area contributed by atoms with Gasteiger partial charge < -0.3 is 9.52 Å². The third-order valence-electron chi connectivity index (χ3n) is 1.67. The lowest BCUT2D eigenvalue weighted by atomic mass is 10.3. The van der Waals surface area contributed by atoms with E-state index >= 15 is 0 Å². The van der Waals surface area contributed by atoms with Gasteiger partial charge in [-0.2, -0.15) is 0 Å². The molecule has 0 saturated heterocycles. The van der Waals surface area contributed by atoms with Crippen molar-refractivity contribution in [2.24, 2.45) is 0 Å². The van der Waals surface area contributed by atoms with Crippen molar-refractivity contribution in [2.75, 3.05) is 0 Å². The predicted octanol–water partition coefficient (Wildman–Crippen LogP) is 4.39. The third-order valence-corrected chi connectivity index (χ3v) is 4.90. The zero-order chi connectivity index (χ0) is 11.9. The van der Waals surface area contributed by atoms with Crippen LogP contribution in [0.3, 0.4) is 0 Å². The number of nitrogens with zero attached hydrogens (tertiary/aromatic N) is 1. The first-order valence-electron chi connectivity index (χ1n) is 3.84. The summed E-state index contributed by atoms with van der Waals surface area (Å²) in [5, 5.41) is 8.97. The van der Waals surface area contributed by atoms with Gasteiger partial charge in [0.15, 0.2) is 14.3 Å². The third kappa shape index (κ3) is 2.24. The number of thiazole rings is 1. The molecule has 0 amide bonds. The van der Waals surface area contributed by atoms with Crippen molar-refractivity contribution in [3.63, 3.8) is 0 Å². The quantitative estimate of drug-likeness (QED) is 0.766. The van der Waals surface area contributed by atoms with E-state index in [2.05, 4.69) is 52.8 Å². The van der Waals surface area contributed by atoms with Crippen LogP contribution in [-0.4, -0.2) is 16.1 Å². The maximum Gasteiger partial charge on any atom is 0.356 e. The Labute approximate surface area is 119 Å². The monoisotopic (exact) mass is 429 g/mol. The second-order valence-electron chi connectivity index (χ2n) is 2.68. The van der Waals surface area contributed by atoms with E-state index in [1.165, 1.54) is 11.3 Å². The van der Waals surface area contributed by atoms with E-state index in [-0.39, 0.29) is 5.69 Å². The SMILES string of the molecule is O=C(O)c1nc(Br)sc1-c1cc(Br)c(Br)o1. The predicted molar refractivity (Wildman–Crippen MR) is 69.9 cm³/mol. The van der Waals surface area contributed by atoms with E-state index in [1.54, 1.807) is 6.07 Å². The minimum Gasteiger partial charge on any atom is -0.476 e. The number of hydrogen-bond donors (Lipinski definition) is 1. The number of aromatic carboxylic acids is 1. The van der Waals surface area contributed by atoms with Gasteiger partial charge in [0, 0.05) is 6.07 Å². The topological polar surface area (TPSA) is 63.3 Å². The Morgan fingerprint density at radius 2 is 2.12 bits per heavy atom. The summed E-state index contributed by atoms with van der Waals surface area (Å²) in [4.78, 5) is 15.3. The highest BCUT2D eigenvalue weighted by atomic mass is 79.9. The molecule has 4 nitrogen and oxygen atoms in total. The summed E-state index contributed by atoms with van der Waals surface area (Å²) in [7, 11) is 0. The van der Waals surface area contributed by atoms with E-state index < -0.39 is 5.97 Å². The zero-order valence-corrected chi connectivity index (χ0v) is 12.9. The normalized spacial score (nSPS) is 10.7. The molecular weight excluding hydrogens is 430 g/mol. The molecule has 2 aromatic rings. The van der Waals surface area contributed by atoms with Crippen LogP contribution in [0.5, 0.6) is 0 Å². The Morgan fingerprint density at radius 1 is 1.44 bits per heavy atom. The lowest BCUT2D eigenvalue weighted by molar-refractivity contribution is 0.0692. The fourth-order valence-corrected chi connectivity index (χ4v) is 3.04. The van der Waals surface area contributed by atoms with Crippen molar-refractivity contribution in [3.8, 4) is 10.6 Å². The van der Waals surface area contributed by atoms with Crippen molar-refractivity contribution in [2.45, 2.75) is 0 Å². The van der Waals surface area contributed by atoms with E-state index in [0.29, 0.717) is 19.2 Å². The molecule has 0 atom stereocenters. The van der Waals surface area contributed by atoms with Gasteiger partial charge >= 0.3 is 5.97 Å². The minimum atomic E-state index is -1.08. The number of furan rings is 1. The molecule has 2 aromatic heterocycles. The molecule has 0 radical (unpaired) electrons. The van der Waals surface area contributed by atoms with Crippen LogP contribution in [0.15, 0.2) is 23.5 Å². The molecule has 84 valence electrons. The Morgan fingerprint density at radius 3 is 2.62 bits per heavy atom. The van der Waals surface area contributed by atoms with Gasteiger partial charge in [-0.1, -0.05) is 0 Å². The molecule has 0 spiro atoms. The van der Waals surface area contributed by atoms with E-state index in [0.717, 1.165) is 4.47 Å². The van der Waals surface area contributed by atoms with Crippen molar-refractivity contribution < 1.29 is 14.3 Å². The summed E-state index contributed by atoms with van der Waals surface area (Å²) in [6, 6.07) is 1.69. The lowest BCUT2D eigenvalue weighted by Gasteiger charge is -1.92. The Bertz CT molecular complexity index is 543. The summed E-state index contributed by atoms with van der Waals surface area (Å²) < 4.78 is 7.11. The van der Waals surface area contributed by atoms with Crippen LogP contribution < -0.4 is 0 Å². The van der Waals surface area contributed by atoms with E-state index in [4.69, 9.17) is 9.52 Å². The first kappa shape index (κ1) is 12.3. The second-order valence-corrected chi connectivity index (χ2v) is 6.53. The molecule has 0 saturated carbocycles. The number of halogens is 3. The van der Waals surface area contributed by atoms with Gasteiger partial charge in [-0.05, 0) is 47.8 Å². The fraction of sp³-hybridized carbons (Fsp3) is 0. The van der Waals surface area contributed by atoms with Gasteiger partial charge in [-0.25, -0.2) is 9.78 Å². The van der Waals surface area contributed by atoms with E-state index in [9.17, 15) is 4.79 Å². The average Bonchev–Trinajstić information content (AvgIpc) is 2.71. The summed E-state index contributed by atoms with van der Waals surface area (Å²) in [6.45, 7) is 0. The molecule has 2 heterocycles. The average molecular weight is 432 g/mol. The molecule has 0 aliphatic rings. The van der Waals surface area contributed by atoms with Crippen LogP contribution in [0.4, 0.5) is 0 Å². The molecule has 16 heavy (non-hydrogen) atoms. The number of carboxylic acid groups (broad SMARTS) is 1. The molecule has 0 aliphatic carbocycles. The number of carboxylic acids is 1. The molecule has 8 heteroatoms. The molecule has 0 aliphatic heterocycles. The van der Waals surface area contributed by atoms with Crippen LogP contribution in [0.1, 0.15) is 10.5 Å². The van der Waals surface area contributed by atoms with Gasteiger partial charge in [0.2, 0.25) is 0 Å². The second kappa shape index (κ2) is 4.59. The van der Waals surface area contributed by atoms with Crippen LogP contribution in [0.25, 0.3) is 10.6 Å². The number of hydrogen-bond acceptors (Lipinski definition) is 4. The van der Waals surface area contributed by atoms with Crippen molar-refractivity contribution in [1.29, 1.82) is 0 Å². The minimum absolute atomic E-state index is 0.0226. The number of aromatic nitrogens is 1. The van der Waals surface area contributed by atoms with Gasteiger partial charge in [-0.15, -0.1) is 11.3 Å². The zero-order valence-electron chi connectivity index (χ0n) is 7.33. The maximum atomic E-state index is 11.0. The van der Waals surface area contributed by atoms with Crippen LogP contribution >= 0.6 is 59.1 Å². The van der Waals surface area contributed by atoms with Gasteiger partial charge in [0.05, 0.1) is 4.47 Å². The molecule has 0 unspecified atom stereocenters. The molecule has 0 fully saturated rings. The van der Waals surface area contributed by atoms with Crippen molar-refractivity contribution >= 4 is 65.1 Å². The molecule has 2 rings (SSSR count). The maximum absolute atomic E-state index is 11.0. The van der Waals surface area contributed by atoms with Crippen LogP contribution in [0.2, 0.25) is 0 Å². The summed E-state index contributed by atoms with van der Waals surface area (Å²) in [5.74, 6) is -0.625. The summed E-state index contributed by atoms with van der Waals surface area (Å²) in [5.41, 5.74) is -0.0226. The largest absolute Gasteiger partial charge is 0.476 e. The van der Waals surface area contributed by atoms with Crippen molar-refractivity contribution in [1.82, 2.24) is 4.98 Å². The molecule has 1 N–H and O–H groups in total. The molecule has 0 bridgehead atoms. The Hall–Kier alpha value is -0.180. The summed E-state index contributed by atoms with van der Waals surface area (Å²) >= 11 is 10.8. The molecule has 0 aromatic carbocycles. The highest BCUT2D eigenvalue weighted by Gasteiger charge is 2.21. The highest BCUT2D eigenvalue weighted by molar-refractivity contribution is 9.13. The Balaban J connectivity index is 2.59. The standard InChI is InChI=1S/C8H2Br3NO3S/c9-2-1-3(15-6(2)10)5-4(7(13)14)12-8(11)16-5/h1H,(H,13,14). The molecular formula is C8H2Br3NO3S. The van der Waals surface area contributed by atoms with Crippen LogP contribution in [0, 0.1) is 0 Å². The summed E-state index contributed by atoms with van der Waals surface area (Å²) in [6.07, 6.45) is 0. The first-order chi connectivity index (χ1) is 7.49. The smallest absolute Gasteiger partial charge is 0.356 e. The highest BCUT2D eigenvalue weighted by Crippen LogP contribution is 2.38. The van der Waals surface area contributed by atoms with Gasteiger partial charge in [0.25, 0.3) is 0 Å². The number of rotatable bonds is 2. The fourth-order valence-electron chi connectivity index (χ4n) is 1.06. The van der Waals surface area contributed by atoms with Crippen molar-refractivity contribution in [3.05, 3.63) is 24.8 Å². The van der Waals surface area contributed by atoms with Gasteiger partial charge in [0.1, 0.15) is 10.6 Å². The van der Waals surface area contributed by atoms with E-state index in [1.807, 2.05) is 0 Å². The Kier molecular flexibility index (Phi) is 3.53. The lowest BCUT2D eigenvalue weighted by Crippen LogP contribution is -1.97. The number of carbonyl (C=O) groups is 1. The van der Waals surface area contributed by atoms with Gasteiger partial charge in [-0.3, -0.25) is 0 Å². The van der Waals surface area contributed by atoms with Crippen LogP contribution in [-0.2, 0) is 0 Å². The first-order valence-corrected chi connectivity index (χ1v) is 7.03.